The fourth-order valence-electron chi connectivity index (χ4n) is 2.01. The molecule has 2 saturated heterocycles. The van der Waals surface area contributed by atoms with E-state index in [0.717, 1.165) is 12.6 Å². The van der Waals surface area contributed by atoms with E-state index < -0.39 is 0 Å². The smallest absolute Gasteiger partial charge is 0.123 e. The van der Waals surface area contributed by atoms with Crippen molar-refractivity contribution >= 4 is 0 Å². The molecule has 2 fully saturated rings. The summed E-state index contributed by atoms with van der Waals surface area (Å²) in [6.45, 7) is 2.26. The Balaban J connectivity index is 1.87. The molecule has 3 unspecified atom stereocenters. The van der Waals surface area contributed by atoms with E-state index in [-0.39, 0.29) is 5.82 Å². The predicted molar refractivity (Wildman–Crippen MR) is 47.6 cm³/mol. The van der Waals surface area contributed by atoms with Gasteiger partial charge < -0.3 is 0 Å². The number of benzene rings is 1. The average molecular weight is 178 g/mol. The quantitative estimate of drug-likeness (QED) is 0.648. The largest absolute Gasteiger partial charge is 0.296 e. The van der Waals surface area contributed by atoms with Crippen LogP contribution in [0.1, 0.15) is 11.7 Å². The predicted octanol–water partition coefficient (Wildman–Crippen LogP) is 1.11. The fraction of sp³-hybridized carbons (Fsp3) is 0.400. The van der Waals surface area contributed by atoms with Crippen molar-refractivity contribution in [2.75, 3.05) is 13.1 Å². The molecule has 3 atom stereocenters. The molecule has 1 N–H and O–H groups in total. The van der Waals surface area contributed by atoms with Crippen molar-refractivity contribution in [2.45, 2.75) is 12.2 Å². The van der Waals surface area contributed by atoms with E-state index in [9.17, 15) is 4.39 Å². The van der Waals surface area contributed by atoms with Crippen LogP contribution in [0.15, 0.2) is 24.3 Å². The number of rotatable bonds is 1. The third-order valence-corrected chi connectivity index (χ3v) is 2.82. The van der Waals surface area contributed by atoms with Gasteiger partial charge in [0.15, 0.2) is 0 Å². The van der Waals surface area contributed by atoms with Crippen molar-refractivity contribution in [1.29, 1.82) is 0 Å². The first-order valence-corrected chi connectivity index (χ1v) is 4.59. The van der Waals surface area contributed by atoms with Crippen molar-refractivity contribution in [2.24, 2.45) is 0 Å². The van der Waals surface area contributed by atoms with Gasteiger partial charge in [0, 0.05) is 19.1 Å². The monoisotopic (exact) mass is 178 g/mol. The van der Waals surface area contributed by atoms with E-state index in [1.807, 2.05) is 12.1 Å². The molecule has 68 valence electrons. The summed E-state index contributed by atoms with van der Waals surface area (Å²) in [4.78, 5) is 2.38. The van der Waals surface area contributed by atoms with Crippen LogP contribution in [-0.4, -0.2) is 24.0 Å². The van der Waals surface area contributed by atoms with Crippen molar-refractivity contribution in [3.05, 3.63) is 35.6 Å². The van der Waals surface area contributed by atoms with Gasteiger partial charge in [0.25, 0.3) is 0 Å². The standard InChI is InChI=1S/C10H11FN2/c11-8-3-1-7(2-4-8)10-12-5-9-6-13(9)10/h1-4,9-10,12H,5-6H2. The lowest BCUT2D eigenvalue weighted by atomic mass is 10.2. The van der Waals surface area contributed by atoms with Gasteiger partial charge in [-0.15, -0.1) is 0 Å². The van der Waals surface area contributed by atoms with Crippen LogP contribution in [0.4, 0.5) is 4.39 Å². The van der Waals surface area contributed by atoms with Crippen LogP contribution >= 0.6 is 0 Å². The molecule has 3 heteroatoms. The molecule has 0 aromatic heterocycles. The minimum absolute atomic E-state index is 0.163. The molecule has 0 spiro atoms. The molecule has 2 aliphatic rings. The number of nitrogens with zero attached hydrogens (tertiary/aromatic N) is 1. The van der Waals surface area contributed by atoms with Crippen LogP contribution < -0.4 is 5.32 Å². The second-order valence-corrected chi connectivity index (χ2v) is 3.71. The zero-order valence-corrected chi connectivity index (χ0v) is 7.20. The van der Waals surface area contributed by atoms with Crippen LogP contribution in [0, 0.1) is 5.82 Å². The van der Waals surface area contributed by atoms with E-state index in [4.69, 9.17) is 0 Å². The van der Waals surface area contributed by atoms with E-state index >= 15 is 0 Å². The van der Waals surface area contributed by atoms with Crippen LogP contribution in [-0.2, 0) is 0 Å². The Morgan fingerprint density at radius 3 is 2.62 bits per heavy atom. The molecule has 2 nitrogen and oxygen atoms in total. The van der Waals surface area contributed by atoms with Gasteiger partial charge in [0.2, 0.25) is 0 Å². The molecular formula is C10H11FN2. The molecular weight excluding hydrogens is 167 g/mol. The highest BCUT2D eigenvalue weighted by Crippen LogP contribution is 2.34. The molecule has 2 aliphatic heterocycles. The molecule has 0 radical (unpaired) electrons. The number of halogens is 1. The minimum Gasteiger partial charge on any atom is -0.296 e. The lowest BCUT2D eigenvalue weighted by Gasteiger charge is -2.14. The summed E-state index contributed by atoms with van der Waals surface area (Å²) in [6, 6.07) is 7.48. The van der Waals surface area contributed by atoms with Crippen molar-refractivity contribution in [1.82, 2.24) is 10.2 Å². The maximum Gasteiger partial charge on any atom is 0.123 e. The lowest BCUT2D eigenvalue weighted by molar-refractivity contribution is 0.403. The topological polar surface area (TPSA) is 15.0 Å². The number of hydrogen-bond acceptors (Lipinski definition) is 2. The average Bonchev–Trinajstić information content (AvgIpc) is 2.81. The third kappa shape index (κ3) is 1.16. The molecule has 0 amide bonds. The summed E-state index contributed by atoms with van der Waals surface area (Å²) in [5, 5.41) is 3.40. The zero-order valence-electron chi connectivity index (χ0n) is 7.20. The van der Waals surface area contributed by atoms with Gasteiger partial charge in [-0.05, 0) is 17.7 Å². The van der Waals surface area contributed by atoms with Gasteiger partial charge in [0.1, 0.15) is 5.82 Å². The van der Waals surface area contributed by atoms with Crippen molar-refractivity contribution in [3.8, 4) is 0 Å². The van der Waals surface area contributed by atoms with Gasteiger partial charge in [0.05, 0.1) is 6.17 Å². The summed E-state index contributed by atoms with van der Waals surface area (Å²) in [7, 11) is 0. The highest BCUT2D eigenvalue weighted by Gasteiger charge is 2.45. The van der Waals surface area contributed by atoms with Crippen LogP contribution in [0.3, 0.4) is 0 Å². The molecule has 0 aliphatic carbocycles. The second kappa shape index (κ2) is 2.53. The zero-order chi connectivity index (χ0) is 8.84. The maximum atomic E-state index is 12.6. The summed E-state index contributed by atoms with van der Waals surface area (Å²) in [5.74, 6) is -0.163. The Labute approximate surface area is 76.4 Å². The second-order valence-electron chi connectivity index (χ2n) is 3.71. The third-order valence-electron chi connectivity index (χ3n) is 2.82. The first-order valence-electron chi connectivity index (χ1n) is 4.59. The van der Waals surface area contributed by atoms with Gasteiger partial charge >= 0.3 is 0 Å². The first-order chi connectivity index (χ1) is 6.34. The summed E-state index contributed by atoms with van der Waals surface area (Å²) < 4.78 is 12.6. The number of fused-ring (bicyclic) bond motifs is 1. The maximum absolute atomic E-state index is 12.6. The van der Waals surface area contributed by atoms with Crippen LogP contribution in [0.25, 0.3) is 0 Å². The van der Waals surface area contributed by atoms with Crippen molar-refractivity contribution in [3.63, 3.8) is 0 Å². The number of nitrogens with one attached hydrogen (secondary N) is 1. The summed E-state index contributed by atoms with van der Waals surface area (Å²) in [5.41, 5.74) is 1.17. The van der Waals surface area contributed by atoms with E-state index in [0.29, 0.717) is 6.17 Å². The molecule has 0 saturated carbocycles. The lowest BCUT2D eigenvalue weighted by Crippen LogP contribution is -2.21. The van der Waals surface area contributed by atoms with Gasteiger partial charge in [-0.25, -0.2) is 4.39 Å². The Kier molecular flexibility index (Phi) is 1.45. The molecule has 13 heavy (non-hydrogen) atoms. The Morgan fingerprint density at radius 2 is 2.08 bits per heavy atom. The van der Waals surface area contributed by atoms with E-state index in [1.165, 1.54) is 24.2 Å². The van der Waals surface area contributed by atoms with Crippen molar-refractivity contribution < 1.29 is 4.39 Å². The fourth-order valence-corrected chi connectivity index (χ4v) is 2.01. The molecule has 2 heterocycles. The Bertz CT molecular complexity index is 322. The first kappa shape index (κ1) is 7.47. The van der Waals surface area contributed by atoms with Crippen LogP contribution in [0.5, 0.6) is 0 Å². The van der Waals surface area contributed by atoms with Gasteiger partial charge in [-0.2, -0.15) is 0 Å². The Morgan fingerprint density at radius 1 is 1.31 bits per heavy atom. The minimum atomic E-state index is -0.163. The van der Waals surface area contributed by atoms with E-state index in [2.05, 4.69) is 10.2 Å². The molecule has 3 rings (SSSR count). The van der Waals surface area contributed by atoms with Crippen LogP contribution in [0.2, 0.25) is 0 Å². The van der Waals surface area contributed by atoms with Gasteiger partial charge in [-0.1, -0.05) is 12.1 Å². The molecule has 1 aromatic rings. The molecule has 1 aromatic carbocycles. The summed E-state index contributed by atoms with van der Waals surface area (Å²) >= 11 is 0. The SMILES string of the molecule is Fc1ccc(C2NCC3CN32)cc1. The summed E-state index contributed by atoms with van der Waals surface area (Å²) in [6.07, 6.45) is 0.325. The highest BCUT2D eigenvalue weighted by atomic mass is 19.1. The normalized spacial score (nSPS) is 35.9. The van der Waals surface area contributed by atoms with E-state index in [1.54, 1.807) is 0 Å². The molecule has 0 bridgehead atoms. The Hall–Kier alpha value is -0.930. The number of hydrogen-bond donors (Lipinski definition) is 1. The van der Waals surface area contributed by atoms with Gasteiger partial charge in [-0.3, -0.25) is 10.2 Å². The highest BCUT2D eigenvalue weighted by molar-refractivity contribution is 5.23.